The van der Waals surface area contributed by atoms with E-state index in [2.05, 4.69) is 19.6 Å². The lowest BCUT2D eigenvalue weighted by Gasteiger charge is -2.14. The zero-order chi connectivity index (χ0) is 8.04. The van der Waals surface area contributed by atoms with Gasteiger partial charge >= 0.3 is 0 Å². The van der Waals surface area contributed by atoms with Crippen molar-refractivity contribution in [3.05, 3.63) is 0 Å². The van der Waals surface area contributed by atoms with E-state index in [0.717, 1.165) is 6.54 Å². The molecule has 0 unspecified atom stereocenters. The highest BCUT2D eigenvalue weighted by molar-refractivity contribution is 6.76. The molecule has 0 aliphatic heterocycles. The fourth-order valence-electron chi connectivity index (χ4n) is 0.976. The van der Waals surface area contributed by atoms with Crippen LogP contribution in [0.25, 0.3) is 0 Å². The highest BCUT2D eigenvalue weighted by Gasteiger charge is 2.10. The van der Waals surface area contributed by atoms with Crippen LogP contribution in [0.5, 0.6) is 0 Å². The summed E-state index contributed by atoms with van der Waals surface area (Å²) in [5, 5.41) is 0. The first kappa shape index (κ1) is 10.2. The van der Waals surface area contributed by atoms with Crippen LogP contribution in [0, 0.1) is 0 Å². The first-order valence-corrected chi connectivity index (χ1v) is 7.97. The van der Waals surface area contributed by atoms with Gasteiger partial charge in [-0.1, -0.05) is 38.5 Å². The van der Waals surface area contributed by atoms with Crippen molar-refractivity contribution in [2.45, 2.75) is 44.9 Å². The second-order valence-electron chi connectivity index (χ2n) is 4.16. The van der Waals surface area contributed by atoms with E-state index in [9.17, 15) is 0 Å². The molecule has 10 heavy (non-hydrogen) atoms. The molecule has 0 rings (SSSR count). The lowest BCUT2D eigenvalue weighted by molar-refractivity contribution is 0.721. The Morgan fingerprint density at radius 1 is 1.00 bits per heavy atom. The van der Waals surface area contributed by atoms with Gasteiger partial charge in [0.2, 0.25) is 0 Å². The predicted molar refractivity (Wildman–Crippen MR) is 51.1 cm³/mol. The normalized spacial score (nSPS) is 12.0. The summed E-state index contributed by atoms with van der Waals surface area (Å²) in [4.78, 5) is 0. The molecule has 0 saturated carbocycles. The van der Waals surface area contributed by atoms with Gasteiger partial charge in [-0.3, -0.25) is 0 Å². The smallest absolute Gasteiger partial charge is 0.0442 e. The maximum Gasteiger partial charge on any atom is 0.0442 e. The number of nitrogens with two attached hydrogens (primary N) is 1. The summed E-state index contributed by atoms with van der Waals surface area (Å²) in [6, 6.07) is 1.47. The Balaban J connectivity index is 3.04. The standard InChI is InChI=1S/C8H21NSi/c1-10(2,3)8-6-4-5-7-9/h4-9H2,1-3H3. The molecule has 1 nitrogen and oxygen atoms in total. The fraction of sp³-hybridized carbons (Fsp3) is 1.00. The SMILES string of the molecule is C[Si](C)(C)CCCCCN. The molecule has 2 N–H and O–H groups in total. The Bertz CT molecular complexity index is 75.8. The minimum atomic E-state index is -0.748. The summed E-state index contributed by atoms with van der Waals surface area (Å²) < 4.78 is 0. The van der Waals surface area contributed by atoms with Gasteiger partial charge in [-0.15, -0.1) is 0 Å². The van der Waals surface area contributed by atoms with Gasteiger partial charge in [0.15, 0.2) is 0 Å². The highest BCUT2D eigenvalue weighted by atomic mass is 28.3. The third-order valence-corrected chi connectivity index (χ3v) is 3.48. The molecule has 0 spiro atoms. The van der Waals surface area contributed by atoms with Crippen molar-refractivity contribution in [1.29, 1.82) is 0 Å². The molecule has 0 amide bonds. The van der Waals surface area contributed by atoms with E-state index in [1.54, 1.807) is 0 Å². The van der Waals surface area contributed by atoms with Crippen LogP contribution in [0.4, 0.5) is 0 Å². The minimum absolute atomic E-state index is 0.748. The van der Waals surface area contributed by atoms with Crippen molar-refractivity contribution in [3.63, 3.8) is 0 Å². The molecule has 0 heterocycles. The van der Waals surface area contributed by atoms with Crippen LogP contribution in [-0.2, 0) is 0 Å². The van der Waals surface area contributed by atoms with Crippen LogP contribution in [0.3, 0.4) is 0 Å². The Hall–Kier alpha value is 0.177. The quantitative estimate of drug-likeness (QED) is 0.484. The highest BCUT2D eigenvalue weighted by Crippen LogP contribution is 2.13. The largest absolute Gasteiger partial charge is 0.330 e. The first-order chi connectivity index (χ1) is 4.56. The molecule has 0 radical (unpaired) electrons. The lowest BCUT2D eigenvalue weighted by Crippen LogP contribution is -2.18. The van der Waals surface area contributed by atoms with Gasteiger partial charge in [0.1, 0.15) is 0 Å². The molecule has 0 aromatic carbocycles. The molecule has 0 aromatic rings. The van der Waals surface area contributed by atoms with E-state index in [0.29, 0.717) is 0 Å². The van der Waals surface area contributed by atoms with E-state index in [1.165, 1.54) is 25.3 Å². The summed E-state index contributed by atoms with van der Waals surface area (Å²) in [7, 11) is -0.748. The molecule has 0 aromatic heterocycles. The summed E-state index contributed by atoms with van der Waals surface area (Å²) in [5.74, 6) is 0. The van der Waals surface area contributed by atoms with Gasteiger partial charge in [-0.2, -0.15) is 0 Å². The van der Waals surface area contributed by atoms with Crippen molar-refractivity contribution in [3.8, 4) is 0 Å². The van der Waals surface area contributed by atoms with Gasteiger partial charge in [0.05, 0.1) is 0 Å². The average Bonchev–Trinajstić information content (AvgIpc) is 1.78. The summed E-state index contributed by atoms with van der Waals surface area (Å²) >= 11 is 0. The first-order valence-electron chi connectivity index (χ1n) is 4.26. The molecule has 2 heteroatoms. The average molecular weight is 159 g/mol. The fourth-order valence-corrected chi connectivity index (χ4v) is 2.29. The van der Waals surface area contributed by atoms with Crippen LogP contribution in [0.1, 0.15) is 19.3 Å². The predicted octanol–water partition coefficient (Wildman–Crippen LogP) is 2.45. The molecule has 0 saturated heterocycles. The number of rotatable bonds is 5. The second kappa shape index (κ2) is 4.91. The summed E-state index contributed by atoms with van der Waals surface area (Å²) in [6.07, 6.45) is 3.94. The third kappa shape index (κ3) is 8.18. The maximum atomic E-state index is 5.39. The molecule has 0 atom stereocenters. The van der Waals surface area contributed by atoms with Gasteiger partial charge in [-0.05, 0) is 13.0 Å². The minimum Gasteiger partial charge on any atom is -0.330 e. The maximum absolute atomic E-state index is 5.39. The molecule has 0 aliphatic rings. The Morgan fingerprint density at radius 3 is 2.00 bits per heavy atom. The van der Waals surface area contributed by atoms with Crippen LogP contribution in [0.2, 0.25) is 25.7 Å². The van der Waals surface area contributed by atoms with E-state index < -0.39 is 8.07 Å². The van der Waals surface area contributed by atoms with Crippen molar-refractivity contribution in [2.24, 2.45) is 5.73 Å². The van der Waals surface area contributed by atoms with Crippen LogP contribution in [-0.4, -0.2) is 14.6 Å². The molecular weight excluding hydrogens is 138 g/mol. The van der Waals surface area contributed by atoms with Crippen molar-refractivity contribution in [1.82, 2.24) is 0 Å². The zero-order valence-electron chi connectivity index (χ0n) is 7.61. The Labute approximate surface area is 66.0 Å². The van der Waals surface area contributed by atoms with Crippen LogP contribution < -0.4 is 5.73 Å². The third-order valence-electron chi connectivity index (χ3n) is 1.63. The number of hydrogen-bond donors (Lipinski definition) is 1. The molecular formula is C8H21NSi. The van der Waals surface area contributed by atoms with Crippen LogP contribution in [0.15, 0.2) is 0 Å². The molecule has 62 valence electrons. The molecule has 0 fully saturated rings. The van der Waals surface area contributed by atoms with Crippen molar-refractivity contribution >= 4 is 8.07 Å². The Kier molecular flexibility index (Phi) is 5.00. The summed E-state index contributed by atoms with van der Waals surface area (Å²) in [5.41, 5.74) is 5.39. The van der Waals surface area contributed by atoms with Gasteiger partial charge in [0, 0.05) is 8.07 Å². The second-order valence-corrected chi connectivity index (χ2v) is 9.78. The van der Waals surface area contributed by atoms with Gasteiger partial charge in [-0.25, -0.2) is 0 Å². The van der Waals surface area contributed by atoms with Crippen molar-refractivity contribution in [2.75, 3.05) is 6.54 Å². The zero-order valence-corrected chi connectivity index (χ0v) is 8.61. The van der Waals surface area contributed by atoms with Gasteiger partial charge < -0.3 is 5.73 Å². The topological polar surface area (TPSA) is 26.0 Å². The van der Waals surface area contributed by atoms with E-state index in [-0.39, 0.29) is 0 Å². The Morgan fingerprint density at radius 2 is 1.60 bits per heavy atom. The number of unbranched alkanes of at least 4 members (excludes halogenated alkanes) is 2. The summed E-state index contributed by atoms with van der Waals surface area (Å²) in [6.45, 7) is 8.14. The van der Waals surface area contributed by atoms with E-state index in [1.807, 2.05) is 0 Å². The molecule has 0 aliphatic carbocycles. The lowest BCUT2D eigenvalue weighted by atomic mass is 10.2. The van der Waals surface area contributed by atoms with E-state index in [4.69, 9.17) is 5.73 Å². The van der Waals surface area contributed by atoms with Crippen molar-refractivity contribution < 1.29 is 0 Å². The number of hydrogen-bond acceptors (Lipinski definition) is 1. The molecule has 0 bridgehead atoms. The van der Waals surface area contributed by atoms with Crippen LogP contribution >= 0.6 is 0 Å². The van der Waals surface area contributed by atoms with Gasteiger partial charge in [0.25, 0.3) is 0 Å². The van der Waals surface area contributed by atoms with E-state index >= 15 is 0 Å². The monoisotopic (exact) mass is 159 g/mol.